The first-order chi connectivity index (χ1) is 10.2. The van der Waals surface area contributed by atoms with Gasteiger partial charge in [0.2, 0.25) is 0 Å². The van der Waals surface area contributed by atoms with Gasteiger partial charge in [0.25, 0.3) is 5.89 Å². The second-order valence-electron chi connectivity index (χ2n) is 5.96. The molecule has 0 aliphatic heterocycles. The molecule has 1 saturated carbocycles. The van der Waals surface area contributed by atoms with Gasteiger partial charge in [0.15, 0.2) is 5.82 Å². The number of hydrogen-bond donors (Lipinski definition) is 1. The quantitative estimate of drug-likeness (QED) is 0.861. The summed E-state index contributed by atoms with van der Waals surface area (Å²) in [7, 11) is 0. The highest BCUT2D eigenvalue weighted by Crippen LogP contribution is 2.34. The van der Waals surface area contributed by atoms with Crippen LogP contribution in [0.15, 0.2) is 28.8 Å². The molecule has 21 heavy (non-hydrogen) atoms. The van der Waals surface area contributed by atoms with Gasteiger partial charge in [0, 0.05) is 17.7 Å². The molecule has 1 heterocycles. The Kier molecular flexibility index (Phi) is 4.04. The lowest BCUT2D eigenvalue weighted by Crippen LogP contribution is -2.12. The highest BCUT2D eigenvalue weighted by atomic mass is 16.5. The molecule has 3 rings (SSSR count). The molecular formula is C17H21N3O. The molecular weight excluding hydrogens is 262 g/mol. The molecule has 1 aliphatic rings. The lowest BCUT2D eigenvalue weighted by Gasteiger charge is -2.23. The van der Waals surface area contributed by atoms with Gasteiger partial charge in [-0.2, -0.15) is 4.98 Å². The normalized spacial score (nSPS) is 22.7. The van der Waals surface area contributed by atoms with Crippen LogP contribution in [-0.2, 0) is 0 Å². The number of anilines is 1. The average Bonchev–Trinajstić information content (AvgIpc) is 2.96. The molecule has 4 heteroatoms. The topological polar surface area (TPSA) is 64.9 Å². The van der Waals surface area contributed by atoms with Gasteiger partial charge in [-0.05, 0) is 42.5 Å². The fourth-order valence-electron chi connectivity index (χ4n) is 2.92. The minimum atomic E-state index is 0.455. The number of nitrogens with two attached hydrogens (primary N) is 1. The highest BCUT2D eigenvalue weighted by molar-refractivity contribution is 5.66. The summed E-state index contributed by atoms with van der Waals surface area (Å²) < 4.78 is 5.33. The Morgan fingerprint density at radius 3 is 2.76 bits per heavy atom. The summed E-state index contributed by atoms with van der Waals surface area (Å²) in [4.78, 5) is 4.51. The van der Waals surface area contributed by atoms with E-state index >= 15 is 0 Å². The third kappa shape index (κ3) is 3.51. The van der Waals surface area contributed by atoms with Gasteiger partial charge in [-0.15, -0.1) is 0 Å². The van der Waals surface area contributed by atoms with E-state index in [1.165, 1.54) is 25.7 Å². The van der Waals surface area contributed by atoms with Gasteiger partial charge in [-0.3, -0.25) is 0 Å². The second kappa shape index (κ2) is 6.12. The van der Waals surface area contributed by atoms with E-state index in [0.717, 1.165) is 23.0 Å². The fourth-order valence-corrected chi connectivity index (χ4v) is 2.92. The number of benzene rings is 1. The molecule has 2 N–H and O–H groups in total. The van der Waals surface area contributed by atoms with Crippen molar-refractivity contribution in [1.82, 2.24) is 10.1 Å². The van der Waals surface area contributed by atoms with Gasteiger partial charge in [0.1, 0.15) is 0 Å². The SMILES string of the molecule is CC1CCCC(c2noc(/C=C/c3ccc(N)cc3)n2)C1. The zero-order chi connectivity index (χ0) is 14.7. The first kappa shape index (κ1) is 13.9. The van der Waals surface area contributed by atoms with Crippen LogP contribution in [0.4, 0.5) is 5.69 Å². The van der Waals surface area contributed by atoms with Crippen molar-refractivity contribution in [1.29, 1.82) is 0 Å². The predicted octanol–water partition coefficient (Wildman–Crippen LogP) is 4.12. The summed E-state index contributed by atoms with van der Waals surface area (Å²) >= 11 is 0. The third-order valence-corrected chi connectivity index (χ3v) is 4.11. The van der Waals surface area contributed by atoms with E-state index in [1.807, 2.05) is 36.4 Å². The molecule has 0 radical (unpaired) electrons. The third-order valence-electron chi connectivity index (χ3n) is 4.11. The van der Waals surface area contributed by atoms with Crippen molar-refractivity contribution in [2.75, 3.05) is 5.73 Å². The molecule has 0 spiro atoms. The lowest BCUT2D eigenvalue weighted by molar-refractivity contribution is 0.323. The van der Waals surface area contributed by atoms with Crippen LogP contribution < -0.4 is 5.73 Å². The van der Waals surface area contributed by atoms with E-state index in [1.54, 1.807) is 0 Å². The zero-order valence-electron chi connectivity index (χ0n) is 12.3. The molecule has 1 aliphatic carbocycles. The molecule has 2 unspecified atom stereocenters. The molecule has 110 valence electrons. The standard InChI is InChI=1S/C17H21N3O/c1-12-3-2-4-14(11-12)17-19-16(21-20-17)10-7-13-5-8-15(18)9-6-13/h5-10,12,14H,2-4,11,18H2,1H3/b10-7+. The minimum Gasteiger partial charge on any atom is -0.399 e. The first-order valence-electron chi connectivity index (χ1n) is 7.58. The Morgan fingerprint density at radius 1 is 1.19 bits per heavy atom. The molecule has 2 aromatic rings. The van der Waals surface area contributed by atoms with Crippen molar-refractivity contribution in [2.45, 2.75) is 38.5 Å². The van der Waals surface area contributed by atoms with Crippen LogP contribution in [-0.4, -0.2) is 10.1 Å². The van der Waals surface area contributed by atoms with E-state index < -0.39 is 0 Å². The summed E-state index contributed by atoms with van der Waals surface area (Å²) in [6.07, 6.45) is 8.73. The fraction of sp³-hybridized carbons (Fsp3) is 0.412. The second-order valence-corrected chi connectivity index (χ2v) is 5.96. The molecule has 0 saturated heterocycles. The Labute approximate surface area is 125 Å². The molecule has 2 atom stereocenters. The summed E-state index contributed by atoms with van der Waals surface area (Å²) in [6.45, 7) is 2.30. The smallest absolute Gasteiger partial charge is 0.250 e. The van der Waals surface area contributed by atoms with Crippen LogP contribution in [0, 0.1) is 5.92 Å². The van der Waals surface area contributed by atoms with E-state index in [0.29, 0.717) is 11.8 Å². The Morgan fingerprint density at radius 2 is 2.00 bits per heavy atom. The van der Waals surface area contributed by atoms with Crippen LogP contribution in [0.25, 0.3) is 12.2 Å². The summed E-state index contributed by atoms with van der Waals surface area (Å²) in [6, 6.07) is 7.68. The highest BCUT2D eigenvalue weighted by Gasteiger charge is 2.24. The van der Waals surface area contributed by atoms with E-state index in [4.69, 9.17) is 10.3 Å². The van der Waals surface area contributed by atoms with E-state index in [2.05, 4.69) is 17.1 Å². The van der Waals surface area contributed by atoms with Gasteiger partial charge in [0.05, 0.1) is 0 Å². The number of aromatic nitrogens is 2. The number of hydrogen-bond acceptors (Lipinski definition) is 4. The monoisotopic (exact) mass is 283 g/mol. The van der Waals surface area contributed by atoms with Crippen molar-refractivity contribution >= 4 is 17.8 Å². The van der Waals surface area contributed by atoms with Gasteiger partial charge in [-0.1, -0.05) is 37.1 Å². The van der Waals surface area contributed by atoms with E-state index in [-0.39, 0.29) is 0 Å². The van der Waals surface area contributed by atoms with Crippen LogP contribution in [0.5, 0.6) is 0 Å². The van der Waals surface area contributed by atoms with Crippen LogP contribution >= 0.6 is 0 Å². The van der Waals surface area contributed by atoms with Gasteiger partial charge >= 0.3 is 0 Å². The van der Waals surface area contributed by atoms with Crippen molar-refractivity contribution in [3.63, 3.8) is 0 Å². The number of rotatable bonds is 3. The molecule has 4 nitrogen and oxygen atoms in total. The van der Waals surface area contributed by atoms with Gasteiger partial charge < -0.3 is 10.3 Å². The molecule has 1 fully saturated rings. The summed E-state index contributed by atoms with van der Waals surface area (Å²) in [5.74, 6) is 2.64. The minimum absolute atomic E-state index is 0.455. The molecule has 0 amide bonds. The first-order valence-corrected chi connectivity index (χ1v) is 7.58. The Hall–Kier alpha value is -2.10. The maximum Gasteiger partial charge on any atom is 0.250 e. The molecule has 0 bridgehead atoms. The van der Waals surface area contributed by atoms with E-state index in [9.17, 15) is 0 Å². The number of nitrogen functional groups attached to an aromatic ring is 1. The molecule has 1 aromatic carbocycles. The van der Waals surface area contributed by atoms with Crippen molar-refractivity contribution in [3.8, 4) is 0 Å². The van der Waals surface area contributed by atoms with Crippen LogP contribution in [0.3, 0.4) is 0 Å². The Bertz CT molecular complexity index is 615. The zero-order valence-corrected chi connectivity index (χ0v) is 12.3. The average molecular weight is 283 g/mol. The van der Waals surface area contributed by atoms with Crippen molar-refractivity contribution in [3.05, 3.63) is 41.5 Å². The van der Waals surface area contributed by atoms with Crippen LogP contribution in [0.1, 0.15) is 55.8 Å². The van der Waals surface area contributed by atoms with Crippen LogP contribution in [0.2, 0.25) is 0 Å². The molecule has 1 aromatic heterocycles. The maximum atomic E-state index is 5.67. The predicted molar refractivity (Wildman–Crippen MR) is 84.5 cm³/mol. The van der Waals surface area contributed by atoms with Crippen molar-refractivity contribution in [2.24, 2.45) is 5.92 Å². The number of nitrogens with zero attached hydrogens (tertiary/aromatic N) is 2. The lowest BCUT2D eigenvalue weighted by atomic mass is 9.82. The van der Waals surface area contributed by atoms with Crippen molar-refractivity contribution < 1.29 is 4.52 Å². The van der Waals surface area contributed by atoms with Gasteiger partial charge in [-0.25, -0.2) is 0 Å². The largest absolute Gasteiger partial charge is 0.399 e. The maximum absolute atomic E-state index is 5.67. The summed E-state index contributed by atoms with van der Waals surface area (Å²) in [5.41, 5.74) is 7.49. The summed E-state index contributed by atoms with van der Waals surface area (Å²) in [5, 5.41) is 4.14. The Balaban J connectivity index is 1.68.